The molecule has 1 atom stereocenters. The Labute approximate surface area is 125 Å². The number of amides is 1. The van der Waals surface area contributed by atoms with Crippen molar-refractivity contribution in [3.63, 3.8) is 0 Å². The Morgan fingerprint density at radius 1 is 1.33 bits per heavy atom. The van der Waals surface area contributed by atoms with Gasteiger partial charge >= 0.3 is 5.97 Å². The maximum absolute atomic E-state index is 11.8. The van der Waals surface area contributed by atoms with Crippen molar-refractivity contribution >= 4 is 11.9 Å². The number of ether oxygens (including phenoxy) is 1. The maximum Gasteiger partial charge on any atom is 0.310 e. The molecule has 0 aliphatic carbocycles. The minimum absolute atomic E-state index is 0.0245. The highest BCUT2D eigenvalue weighted by Gasteiger charge is 2.26. The molecule has 1 aromatic carbocycles. The van der Waals surface area contributed by atoms with Crippen LogP contribution in [0.5, 0.6) is 0 Å². The lowest BCUT2D eigenvalue weighted by Crippen LogP contribution is -2.38. The van der Waals surface area contributed by atoms with Gasteiger partial charge in [-0.25, -0.2) is 0 Å². The summed E-state index contributed by atoms with van der Waals surface area (Å²) in [5.74, 6) is -0.531. The fourth-order valence-corrected chi connectivity index (χ4v) is 2.68. The molecule has 0 saturated carbocycles. The SMILES string of the molecule is CCOC(=O)[C@@H]1CCCN(Cc2ccc(C(N)=O)cc2)C1. The highest BCUT2D eigenvalue weighted by molar-refractivity contribution is 5.92. The van der Waals surface area contributed by atoms with E-state index < -0.39 is 5.91 Å². The molecule has 1 saturated heterocycles. The van der Waals surface area contributed by atoms with Gasteiger partial charge in [-0.15, -0.1) is 0 Å². The molecule has 2 N–H and O–H groups in total. The number of esters is 1. The van der Waals surface area contributed by atoms with Crippen molar-refractivity contribution < 1.29 is 14.3 Å². The number of primary amides is 1. The highest BCUT2D eigenvalue weighted by Crippen LogP contribution is 2.20. The van der Waals surface area contributed by atoms with E-state index >= 15 is 0 Å². The standard InChI is InChI=1S/C16H22N2O3/c1-2-21-16(20)14-4-3-9-18(11-14)10-12-5-7-13(8-6-12)15(17)19/h5-8,14H,2-4,9-11H2,1H3,(H2,17,19)/t14-/m1/s1. The average Bonchev–Trinajstić information content (AvgIpc) is 2.48. The summed E-state index contributed by atoms with van der Waals surface area (Å²) in [5, 5.41) is 0. The fourth-order valence-electron chi connectivity index (χ4n) is 2.68. The molecular weight excluding hydrogens is 268 g/mol. The fraction of sp³-hybridized carbons (Fsp3) is 0.500. The Morgan fingerprint density at radius 2 is 2.05 bits per heavy atom. The van der Waals surface area contributed by atoms with E-state index in [2.05, 4.69) is 4.90 Å². The molecule has 0 unspecified atom stereocenters. The van der Waals surface area contributed by atoms with Gasteiger partial charge < -0.3 is 10.5 Å². The van der Waals surface area contributed by atoms with Crippen molar-refractivity contribution in [1.29, 1.82) is 0 Å². The van der Waals surface area contributed by atoms with E-state index in [9.17, 15) is 9.59 Å². The molecule has 114 valence electrons. The minimum atomic E-state index is -0.415. The van der Waals surface area contributed by atoms with Crippen LogP contribution in [0.25, 0.3) is 0 Å². The van der Waals surface area contributed by atoms with E-state index in [-0.39, 0.29) is 11.9 Å². The summed E-state index contributed by atoms with van der Waals surface area (Å²) in [5.41, 5.74) is 6.86. The smallest absolute Gasteiger partial charge is 0.310 e. The molecule has 0 aromatic heterocycles. The lowest BCUT2D eigenvalue weighted by atomic mass is 9.97. The van der Waals surface area contributed by atoms with Gasteiger partial charge in [0.25, 0.3) is 0 Å². The van der Waals surface area contributed by atoms with Crippen molar-refractivity contribution in [3.8, 4) is 0 Å². The van der Waals surface area contributed by atoms with Gasteiger partial charge in [0.05, 0.1) is 12.5 Å². The van der Waals surface area contributed by atoms with Gasteiger partial charge in [-0.1, -0.05) is 12.1 Å². The lowest BCUT2D eigenvalue weighted by Gasteiger charge is -2.31. The Balaban J connectivity index is 1.93. The van der Waals surface area contributed by atoms with Crippen molar-refractivity contribution in [2.45, 2.75) is 26.3 Å². The first-order valence-electron chi connectivity index (χ1n) is 7.38. The van der Waals surface area contributed by atoms with Crippen LogP contribution in [0.15, 0.2) is 24.3 Å². The van der Waals surface area contributed by atoms with Gasteiger partial charge in [0.15, 0.2) is 0 Å². The summed E-state index contributed by atoms with van der Waals surface area (Å²) < 4.78 is 5.10. The minimum Gasteiger partial charge on any atom is -0.466 e. The van der Waals surface area contributed by atoms with Crippen LogP contribution in [0.2, 0.25) is 0 Å². The van der Waals surface area contributed by atoms with E-state index in [1.54, 1.807) is 12.1 Å². The van der Waals surface area contributed by atoms with Gasteiger partial charge in [-0.2, -0.15) is 0 Å². The van der Waals surface area contributed by atoms with Gasteiger partial charge in [-0.3, -0.25) is 14.5 Å². The first-order valence-corrected chi connectivity index (χ1v) is 7.38. The molecule has 1 aliphatic rings. The Kier molecular flexibility index (Phi) is 5.33. The van der Waals surface area contributed by atoms with E-state index in [1.807, 2.05) is 19.1 Å². The number of carbonyl (C=O) groups excluding carboxylic acids is 2. The summed E-state index contributed by atoms with van der Waals surface area (Å²) in [7, 11) is 0. The van der Waals surface area contributed by atoms with Crippen LogP contribution in [0.4, 0.5) is 0 Å². The van der Waals surface area contributed by atoms with Gasteiger partial charge in [0.1, 0.15) is 0 Å². The van der Waals surface area contributed by atoms with Crippen LogP contribution >= 0.6 is 0 Å². The highest BCUT2D eigenvalue weighted by atomic mass is 16.5. The van der Waals surface area contributed by atoms with E-state index in [1.165, 1.54) is 0 Å². The number of nitrogens with zero attached hydrogens (tertiary/aromatic N) is 1. The molecule has 1 aliphatic heterocycles. The first-order chi connectivity index (χ1) is 10.1. The largest absolute Gasteiger partial charge is 0.466 e. The summed E-state index contributed by atoms with van der Waals surface area (Å²) in [6.45, 7) is 4.75. The normalized spacial score (nSPS) is 19.2. The van der Waals surface area contributed by atoms with Crippen molar-refractivity contribution in [3.05, 3.63) is 35.4 Å². The second-order valence-corrected chi connectivity index (χ2v) is 5.39. The predicted molar refractivity (Wildman–Crippen MR) is 79.6 cm³/mol. The molecule has 0 spiro atoms. The molecule has 0 bridgehead atoms. The van der Waals surface area contributed by atoms with Crippen LogP contribution in [0.1, 0.15) is 35.7 Å². The van der Waals surface area contributed by atoms with Gasteiger partial charge in [0, 0.05) is 18.7 Å². The first kappa shape index (κ1) is 15.5. The zero-order valence-electron chi connectivity index (χ0n) is 12.4. The third-order valence-electron chi connectivity index (χ3n) is 3.77. The topological polar surface area (TPSA) is 72.6 Å². The molecule has 1 fully saturated rings. The van der Waals surface area contributed by atoms with Crippen molar-refractivity contribution in [1.82, 2.24) is 4.90 Å². The Hall–Kier alpha value is -1.88. The van der Waals surface area contributed by atoms with Crippen molar-refractivity contribution in [2.24, 2.45) is 11.7 Å². The van der Waals surface area contributed by atoms with E-state index in [0.717, 1.165) is 38.0 Å². The summed E-state index contributed by atoms with van der Waals surface area (Å²) in [6.07, 6.45) is 1.90. The molecule has 1 aromatic rings. The number of hydrogen-bond acceptors (Lipinski definition) is 4. The van der Waals surface area contributed by atoms with Crippen molar-refractivity contribution in [2.75, 3.05) is 19.7 Å². The molecule has 0 radical (unpaired) electrons. The van der Waals surface area contributed by atoms with Crippen LogP contribution in [0.3, 0.4) is 0 Å². The number of likely N-dealkylation sites (tertiary alicyclic amines) is 1. The van der Waals surface area contributed by atoms with Gasteiger partial charge in [-0.05, 0) is 44.0 Å². The molecule has 1 amide bonds. The number of hydrogen-bond donors (Lipinski definition) is 1. The molecular formula is C16H22N2O3. The van der Waals surface area contributed by atoms with Crippen LogP contribution in [-0.2, 0) is 16.1 Å². The summed E-state index contributed by atoms with van der Waals surface area (Å²) in [6, 6.07) is 7.30. The third kappa shape index (κ3) is 4.29. The number of nitrogens with two attached hydrogens (primary N) is 1. The maximum atomic E-state index is 11.8. The second kappa shape index (κ2) is 7.22. The van der Waals surface area contributed by atoms with E-state index in [0.29, 0.717) is 12.2 Å². The van der Waals surface area contributed by atoms with Crippen LogP contribution in [0, 0.1) is 5.92 Å². The molecule has 21 heavy (non-hydrogen) atoms. The number of benzene rings is 1. The second-order valence-electron chi connectivity index (χ2n) is 5.39. The van der Waals surface area contributed by atoms with Gasteiger partial charge in [0.2, 0.25) is 5.91 Å². The summed E-state index contributed by atoms with van der Waals surface area (Å²) in [4.78, 5) is 25.1. The monoisotopic (exact) mass is 290 g/mol. The van der Waals surface area contributed by atoms with Crippen LogP contribution in [-0.4, -0.2) is 36.5 Å². The zero-order chi connectivity index (χ0) is 15.2. The molecule has 1 heterocycles. The predicted octanol–water partition coefficient (Wildman–Crippen LogP) is 1.56. The molecule has 2 rings (SSSR count). The quantitative estimate of drug-likeness (QED) is 0.835. The average molecular weight is 290 g/mol. The van der Waals surface area contributed by atoms with Crippen LogP contribution < -0.4 is 5.73 Å². The molecule has 5 nitrogen and oxygen atoms in total. The van der Waals surface area contributed by atoms with E-state index in [4.69, 9.17) is 10.5 Å². The Bertz CT molecular complexity index is 499. The third-order valence-corrected chi connectivity index (χ3v) is 3.77. The molecule has 5 heteroatoms. The zero-order valence-corrected chi connectivity index (χ0v) is 12.4. The number of piperidine rings is 1. The summed E-state index contributed by atoms with van der Waals surface area (Å²) >= 11 is 0. The Morgan fingerprint density at radius 3 is 2.67 bits per heavy atom. The number of carbonyl (C=O) groups is 2. The number of rotatable bonds is 5. The lowest BCUT2D eigenvalue weighted by molar-refractivity contribution is -0.150.